The zero-order valence-corrected chi connectivity index (χ0v) is 16.9. The molecular formula is C20H17ClF3N5O2. The third-order valence-corrected chi connectivity index (χ3v) is 4.72. The molecule has 0 aliphatic rings. The van der Waals surface area contributed by atoms with Crippen LogP contribution in [-0.2, 0) is 17.8 Å². The van der Waals surface area contributed by atoms with Gasteiger partial charge in [-0.3, -0.25) is 14.0 Å². The quantitative estimate of drug-likeness (QED) is 0.558. The van der Waals surface area contributed by atoms with Gasteiger partial charge < -0.3 is 9.88 Å². The number of aryl methyl sites for hydroxylation is 1. The third-order valence-electron chi connectivity index (χ3n) is 4.46. The number of fused-ring (bicyclic) bond motifs is 1. The summed E-state index contributed by atoms with van der Waals surface area (Å²) >= 11 is 5.90. The largest absolute Gasteiger partial charge is 0.389 e. The molecule has 0 spiro atoms. The molecule has 3 rings (SSSR count). The van der Waals surface area contributed by atoms with Crippen molar-refractivity contribution in [2.45, 2.75) is 32.0 Å². The number of hydrogen-bond donors (Lipinski definition) is 1. The van der Waals surface area contributed by atoms with E-state index in [2.05, 4.69) is 10.3 Å². The molecule has 0 aliphatic carbocycles. The van der Waals surface area contributed by atoms with E-state index in [1.807, 2.05) is 0 Å². The van der Waals surface area contributed by atoms with Gasteiger partial charge in [0.2, 0.25) is 11.7 Å². The first-order chi connectivity index (χ1) is 14.7. The maximum absolute atomic E-state index is 12.9. The van der Waals surface area contributed by atoms with Crippen molar-refractivity contribution in [3.8, 4) is 17.3 Å². The number of aromatic nitrogens is 3. The highest BCUT2D eigenvalue weighted by molar-refractivity contribution is 6.30. The van der Waals surface area contributed by atoms with Gasteiger partial charge in [0.1, 0.15) is 6.54 Å². The van der Waals surface area contributed by atoms with Crippen molar-refractivity contribution in [2.24, 2.45) is 0 Å². The van der Waals surface area contributed by atoms with Crippen LogP contribution in [-0.4, -0.2) is 32.6 Å². The van der Waals surface area contributed by atoms with Crippen LogP contribution in [0.5, 0.6) is 0 Å². The molecule has 7 nitrogen and oxygen atoms in total. The third kappa shape index (κ3) is 5.64. The van der Waals surface area contributed by atoms with Crippen molar-refractivity contribution in [2.75, 3.05) is 6.54 Å². The Morgan fingerprint density at radius 3 is 2.58 bits per heavy atom. The summed E-state index contributed by atoms with van der Waals surface area (Å²) in [5, 5.41) is 11.4. The van der Waals surface area contributed by atoms with E-state index < -0.39 is 24.1 Å². The second-order valence-corrected chi connectivity index (χ2v) is 7.22. The summed E-state index contributed by atoms with van der Waals surface area (Å²) in [5.74, 6) is -0.379. The van der Waals surface area contributed by atoms with Gasteiger partial charge in [0.15, 0.2) is 0 Å². The molecule has 31 heavy (non-hydrogen) atoms. The van der Waals surface area contributed by atoms with Crippen LogP contribution in [0, 0.1) is 11.3 Å². The van der Waals surface area contributed by atoms with E-state index >= 15 is 0 Å². The summed E-state index contributed by atoms with van der Waals surface area (Å²) < 4.78 is 40.4. The van der Waals surface area contributed by atoms with Crippen molar-refractivity contribution in [1.29, 1.82) is 5.26 Å². The zero-order chi connectivity index (χ0) is 22.6. The SMILES string of the molecule is N#CCNC(=O)Cc1cn(CCCC(F)(F)F)c2nc(-c3ccc(Cl)cc3)cn2c1=O. The first-order valence-corrected chi connectivity index (χ1v) is 9.63. The number of alkyl halides is 3. The zero-order valence-electron chi connectivity index (χ0n) is 16.1. The number of benzene rings is 1. The van der Waals surface area contributed by atoms with Gasteiger partial charge in [-0.2, -0.15) is 18.4 Å². The fourth-order valence-corrected chi connectivity index (χ4v) is 3.17. The summed E-state index contributed by atoms with van der Waals surface area (Å²) in [4.78, 5) is 29.3. The lowest BCUT2D eigenvalue weighted by Crippen LogP contribution is -2.30. The maximum atomic E-state index is 12.9. The van der Waals surface area contributed by atoms with Crippen LogP contribution in [0.1, 0.15) is 18.4 Å². The Labute approximate surface area is 179 Å². The lowest BCUT2D eigenvalue weighted by molar-refractivity contribution is -0.135. The highest BCUT2D eigenvalue weighted by Gasteiger charge is 2.26. The fourth-order valence-electron chi connectivity index (χ4n) is 3.05. The normalized spacial score (nSPS) is 11.5. The van der Waals surface area contributed by atoms with Gasteiger partial charge >= 0.3 is 6.18 Å². The average molecular weight is 452 g/mol. The number of halogens is 4. The van der Waals surface area contributed by atoms with Crippen molar-refractivity contribution >= 4 is 23.3 Å². The number of carbonyl (C=O) groups excluding carboxylic acids is 1. The summed E-state index contributed by atoms with van der Waals surface area (Å²) in [6.07, 6.45) is -3.01. The predicted molar refractivity (Wildman–Crippen MR) is 108 cm³/mol. The van der Waals surface area contributed by atoms with E-state index in [1.165, 1.54) is 21.4 Å². The van der Waals surface area contributed by atoms with Crippen LogP contribution >= 0.6 is 11.6 Å². The number of carbonyl (C=O) groups is 1. The number of amides is 1. The molecule has 2 heterocycles. The van der Waals surface area contributed by atoms with Crippen molar-refractivity contribution in [1.82, 2.24) is 19.3 Å². The van der Waals surface area contributed by atoms with E-state index in [4.69, 9.17) is 16.9 Å². The second kappa shape index (κ2) is 9.22. The molecule has 2 aromatic heterocycles. The van der Waals surface area contributed by atoms with Gasteiger partial charge in [-0.25, -0.2) is 4.98 Å². The Morgan fingerprint density at radius 1 is 1.23 bits per heavy atom. The van der Waals surface area contributed by atoms with Crippen molar-refractivity contribution in [3.05, 3.63) is 57.6 Å². The van der Waals surface area contributed by atoms with Crippen LogP contribution in [0.3, 0.4) is 0 Å². The lowest BCUT2D eigenvalue weighted by Gasteiger charge is -2.12. The van der Waals surface area contributed by atoms with Crippen LogP contribution in [0.15, 0.2) is 41.5 Å². The first-order valence-electron chi connectivity index (χ1n) is 9.25. The Morgan fingerprint density at radius 2 is 1.94 bits per heavy atom. The van der Waals surface area contributed by atoms with E-state index in [0.29, 0.717) is 16.3 Å². The summed E-state index contributed by atoms with van der Waals surface area (Å²) in [6.45, 7) is -0.264. The predicted octanol–water partition coefficient (Wildman–Crippen LogP) is 3.34. The first kappa shape index (κ1) is 22.4. The van der Waals surface area contributed by atoms with Gasteiger partial charge in [-0.1, -0.05) is 23.7 Å². The molecule has 1 amide bonds. The summed E-state index contributed by atoms with van der Waals surface area (Å²) in [5.41, 5.74) is 0.670. The van der Waals surface area contributed by atoms with E-state index in [9.17, 15) is 22.8 Å². The molecule has 0 saturated heterocycles. The molecule has 0 bridgehead atoms. The van der Waals surface area contributed by atoms with Gasteiger partial charge in [0.25, 0.3) is 5.56 Å². The number of nitrogens with one attached hydrogen (secondary N) is 1. The lowest BCUT2D eigenvalue weighted by atomic mass is 10.2. The molecule has 11 heteroatoms. The Hall–Kier alpha value is -3.32. The molecule has 0 unspecified atom stereocenters. The molecule has 0 fully saturated rings. The van der Waals surface area contributed by atoms with Gasteiger partial charge in [0, 0.05) is 41.5 Å². The summed E-state index contributed by atoms with van der Waals surface area (Å²) in [7, 11) is 0. The molecule has 0 aliphatic heterocycles. The van der Waals surface area contributed by atoms with Gasteiger partial charge in [-0.15, -0.1) is 0 Å². The number of hydrogen-bond acceptors (Lipinski definition) is 4. The molecule has 0 radical (unpaired) electrons. The number of nitrogens with zero attached hydrogens (tertiary/aromatic N) is 4. The van der Waals surface area contributed by atoms with Crippen molar-refractivity contribution in [3.63, 3.8) is 0 Å². The number of imidazole rings is 1. The van der Waals surface area contributed by atoms with E-state index in [0.717, 1.165) is 0 Å². The molecule has 1 N–H and O–H groups in total. The fraction of sp³-hybridized carbons (Fsp3) is 0.300. The minimum atomic E-state index is -4.31. The van der Waals surface area contributed by atoms with Crippen LogP contribution in [0.4, 0.5) is 13.2 Å². The van der Waals surface area contributed by atoms with Gasteiger partial charge in [0.05, 0.1) is 18.2 Å². The molecule has 0 saturated carbocycles. The van der Waals surface area contributed by atoms with Crippen LogP contribution < -0.4 is 10.9 Å². The minimum Gasteiger partial charge on any atom is -0.343 e. The standard InChI is InChI=1S/C20H17ClF3N5O2/c21-15-4-2-13(3-5-15)16-12-29-18(31)14(10-17(30)26-8-7-25)11-28(19(29)27-16)9-1-6-20(22,23)24/h2-5,11-12H,1,6,8-10H2,(H,26,30). The Kier molecular flexibility index (Phi) is 6.65. The maximum Gasteiger partial charge on any atom is 0.389 e. The van der Waals surface area contributed by atoms with Crippen LogP contribution in [0.2, 0.25) is 5.02 Å². The molecule has 1 aromatic carbocycles. The van der Waals surface area contributed by atoms with E-state index in [1.54, 1.807) is 30.3 Å². The molecular weight excluding hydrogens is 435 g/mol. The number of nitriles is 1. The minimum absolute atomic E-state index is 0.0484. The summed E-state index contributed by atoms with van der Waals surface area (Å²) in [6, 6.07) is 8.48. The average Bonchev–Trinajstić information content (AvgIpc) is 3.15. The van der Waals surface area contributed by atoms with Crippen molar-refractivity contribution < 1.29 is 18.0 Å². The topological polar surface area (TPSA) is 92.2 Å². The number of rotatable bonds is 7. The van der Waals surface area contributed by atoms with E-state index in [-0.39, 0.29) is 37.3 Å². The Bertz CT molecular complexity index is 1190. The molecule has 162 valence electrons. The monoisotopic (exact) mass is 451 g/mol. The molecule has 3 aromatic rings. The molecule has 0 atom stereocenters. The Balaban J connectivity index is 2.03. The smallest absolute Gasteiger partial charge is 0.343 e. The van der Waals surface area contributed by atoms with Gasteiger partial charge in [-0.05, 0) is 18.6 Å². The van der Waals surface area contributed by atoms with Crippen LogP contribution in [0.25, 0.3) is 17.0 Å². The highest BCUT2D eigenvalue weighted by atomic mass is 35.5. The second-order valence-electron chi connectivity index (χ2n) is 6.79. The highest BCUT2D eigenvalue weighted by Crippen LogP contribution is 2.23.